The van der Waals surface area contributed by atoms with E-state index in [1.165, 1.54) is 4.90 Å². The minimum atomic E-state index is -3.55. The van der Waals surface area contributed by atoms with Crippen molar-refractivity contribution in [2.45, 2.75) is 31.7 Å². The summed E-state index contributed by atoms with van der Waals surface area (Å²) in [4.78, 5) is 13.7. The quantitative estimate of drug-likeness (QED) is 0.771. The highest BCUT2D eigenvalue weighted by molar-refractivity contribution is 7.89. The first-order valence-electron chi connectivity index (χ1n) is 7.22. The van der Waals surface area contributed by atoms with Crippen molar-refractivity contribution in [1.29, 1.82) is 0 Å². The Morgan fingerprint density at radius 2 is 1.82 bits per heavy atom. The molecule has 0 aliphatic rings. The highest BCUT2D eigenvalue weighted by atomic mass is 32.2. The van der Waals surface area contributed by atoms with Gasteiger partial charge in [-0.3, -0.25) is 4.79 Å². The lowest BCUT2D eigenvalue weighted by atomic mass is 10.0. The number of likely N-dealkylation sites (N-methyl/N-ethyl adjacent to an activating group) is 1. The maximum Gasteiger partial charge on any atom is 0.240 e. The fourth-order valence-electron chi connectivity index (χ4n) is 1.83. The molecule has 0 fully saturated rings. The normalized spacial score (nSPS) is 14.4. The van der Waals surface area contributed by atoms with Crippen molar-refractivity contribution in [3.63, 3.8) is 0 Å². The van der Waals surface area contributed by atoms with Crippen LogP contribution in [0.25, 0.3) is 0 Å². The van der Waals surface area contributed by atoms with Crippen LogP contribution in [-0.4, -0.2) is 45.4 Å². The van der Waals surface area contributed by atoms with Gasteiger partial charge in [-0.25, -0.2) is 13.1 Å². The molecule has 7 heteroatoms. The Labute approximate surface area is 132 Å². The van der Waals surface area contributed by atoms with Gasteiger partial charge in [-0.15, -0.1) is 0 Å². The van der Waals surface area contributed by atoms with Crippen molar-refractivity contribution in [3.05, 3.63) is 29.8 Å². The van der Waals surface area contributed by atoms with Gasteiger partial charge in [-0.1, -0.05) is 24.6 Å². The van der Waals surface area contributed by atoms with Crippen LogP contribution >= 0.6 is 0 Å². The molecule has 0 aliphatic carbocycles. The molecule has 1 aromatic rings. The molecule has 0 aromatic heterocycles. The summed E-state index contributed by atoms with van der Waals surface area (Å²) >= 11 is 0. The monoisotopic (exact) mass is 327 g/mol. The van der Waals surface area contributed by atoms with E-state index in [4.69, 9.17) is 5.73 Å². The van der Waals surface area contributed by atoms with E-state index in [0.717, 1.165) is 5.56 Å². The first kappa shape index (κ1) is 18.6. The number of amides is 1. The van der Waals surface area contributed by atoms with Crippen molar-refractivity contribution < 1.29 is 13.2 Å². The highest BCUT2D eigenvalue weighted by Gasteiger charge is 2.21. The van der Waals surface area contributed by atoms with E-state index in [1.54, 1.807) is 45.2 Å². The van der Waals surface area contributed by atoms with Crippen LogP contribution in [0.2, 0.25) is 0 Å². The second-order valence-electron chi connectivity index (χ2n) is 5.62. The highest BCUT2D eigenvalue weighted by Crippen LogP contribution is 2.09. The Morgan fingerprint density at radius 1 is 1.27 bits per heavy atom. The average Bonchev–Trinajstić information content (AvgIpc) is 2.45. The number of aryl methyl sites for hydroxylation is 1. The van der Waals surface area contributed by atoms with Crippen molar-refractivity contribution in [2.24, 2.45) is 11.7 Å². The van der Waals surface area contributed by atoms with E-state index in [2.05, 4.69) is 4.72 Å². The van der Waals surface area contributed by atoms with Crippen molar-refractivity contribution in [3.8, 4) is 0 Å². The van der Waals surface area contributed by atoms with Crippen molar-refractivity contribution >= 4 is 15.9 Å². The third-order valence-corrected chi connectivity index (χ3v) is 5.10. The summed E-state index contributed by atoms with van der Waals surface area (Å²) in [6.45, 7) is 5.88. The fraction of sp³-hybridized carbons (Fsp3) is 0.533. The van der Waals surface area contributed by atoms with Crippen molar-refractivity contribution in [1.82, 2.24) is 9.62 Å². The standard InChI is InChI=1S/C15H25N3O3S/c1-11-5-7-14(8-6-11)22(20,21)17-9-10-18(4)15(19)12(2)13(3)16/h5-8,12-13,17H,9-10,16H2,1-4H3. The lowest BCUT2D eigenvalue weighted by Crippen LogP contribution is -2.42. The molecule has 2 unspecified atom stereocenters. The maximum atomic E-state index is 12.1. The summed E-state index contributed by atoms with van der Waals surface area (Å²) in [6.07, 6.45) is 0. The van der Waals surface area contributed by atoms with Crippen LogP contribution in [0.15, 0.2) is 29.2 Å². The van der Waals surface area contributed by atoms with Gasteiger partial charge in [0.25, 0.3) is 0 Å². The first-order valence-corrected chi connectivity index (χ1v) is 8.70. The summed E-state index contributed by atoms with van der Waals surface area (Å²) in [6, 6.07) is 6.37. The zero-order valence-electron chi connectivity index (χ0n) is 13.5. The Morgan fingerprint density at radius 3 is 2.32 bits per heavy atom. The average molecular weight is 327 g/mol. The van der Waals surface area contributed by atoms with Crippen molar-refractivity contribution in [2.75, 3.05) is 20.1 Å². The molecule has 0 radical (unpaired) electrons. The number of hydrogen-bond donors (Lipinski definition) is 2. The van der Waals surface area contributed by atoms with Gasteiger partial charge in [0.1, 0.15) is 0 Å². The summed E-state index contributed by atoms with van der Waals surface area (Å²) in [5.41, 5.74) is 6.70. The molecule has 0 aliphatic heterocycles. The minimum absolute atomic E-state index is 0.0930. The molecule has 0 saturated heterocycles. The van der Waals surface area contributed by atoms with Gasteiger partial charge in [0.2, 0.25) is 15.9 Å². The molecule has 1 aromatic carbocycles. The molecule has 0 saturated carbocycles. The molecule has 0 spiro atoms. The molecule has 1 rings (SSSR count). The van der Waals surface area contributed by atoms with Crippen LogP contribution < -0.4 is 10.5 Å². The lowest BCUT2D eigenvalue weighted by Gasteiger charge is -2.23. The summed E-state index contributed by atoms with van der Waals surface area (Å²) in [5.74, 6) is -0.386. The first-order chi connectivity index (χ1) is 10.1. The second kappa shape index (κ2) is 7.71. The van der Waals surface area contributed by atoms with E-state index in [0.29, 0.717) is 6.54 Å². The topological polar surface area (TPSA) is 92.5 Å². The van der Waals surface area contributed by atoms with Gasteiger partial charge in [0.15, 0.2) is 0 Å². The Hall–Kier alpha value is -1.44. The number of carbonyl (C=O) groups is 1. The molecule has 2 atom stereocenters. The van der Waals surface area contributed by atoms with Crippen LogP contribution in [-0.2, 0) is 14.8 Å². The van der Waals surface area contributed by atoms with Gasteiger partial charge in [-0.05, 0) is 26.0 Å². The van der Waals surface area contributed by atoms with E-state index < -0.39 is 10.0 Å². The largest absolute Gasteiger partial charge is 0.344 e. The minimum Gasteiger partial charge on any atom is -0.344 e. The number of benzene rings is 1. The van der Waals surface area contributed by atoms with Gasteiger partial charge < -0.3 is 10.6 Å². The number of rotatable bonds is 7. The maximum absolute atomic E-state index is 12.1. The van der Waals surface area contributed by atoms with Gasteiger partial charge in [0, 0.05) is 26.2 Å². The van der Waals surface area contributed by atoms with Crippen LogP contribution in [0.4, 0.5) is 0 Å². The number of nitrogens with zero attached hydrogens (tertiary/aromatic N) is 1. The second-order valence-corrected chi connectivity index (χ2v) is 7.39. The predicted molar refractivity (Wildman–Crippen MR) is 86.8 cm³/mol. The SMILES string of the molecule is Cc1ccc(S(=O)(=O)NCCN(C)C(=O)C(C)C(C)N)cc1. The molecule has 124 valence electrons. The third-order valence-electron chi connectivity index (χ3n) is 3.63. The van der Waals surface area contributed by atoms with E-state index in [9.17, 15) is 13.2 Å². The molecule has 1 amide bonds. The van der Waals surface area contributed by atoms with Crippen LogP contribution in [0.3, 0.4) is 0 Å². The zero-order chi connectivity index (χ0) is 16.9. The number of carbonyl (C=O) groups excluding carboxylic acids is 1. The molecule has 0 bridgehead atoms. The molecule has 0 heterocycles. The van der Waals surface area contributed by atoms with Gasteiger partial charge >= 0.3 is 0 Å². The fourth-order valence-corrected chi connectivity index (χ4v) is 2.85. The third kappa shape index (κ3) is 5.08. The number of sulfonamides is 1. The van der Waals surface area contributed by atoms with Crippen LogP contribution in [0.1, 0.15) is 19.4 Å². The predicted octanol–water partition coefficient (Wildman–Crippen LogP) is 0.715. The Bertz CT molecular complexity index is 597. The van der Waals surface area contributed by atoms with E-state index >= 15 is 0 Å². The Balaban J connectivity index is 2.56. The van der Waals surface area contributed by atoms with Gasteiger partial charge in [0.05, 0.1) is 10.8 Å². The van der Waals surface area contributed by atoms with Crippen LogP contribution in [0, 0.1) is 12.8 Å². The zero-order valence-corrected chi connectivity index (χ0v) is 14.4. The Kier molecular flexibility index (Phi) is 6.52. The summed E-state index contributed by atoms with van der Waals surface area (Å²) in [5, 5.41) is 0. The number of hydrogen-bond acceptors (Lipinski definition) is 4. The molecule has 22 heavy (non-hydrogen) atoms. The van der Waals surface area contributed by atoms with Gasteiger partial charge in [-0.2, -0.15) is 0 Å². The lowest BCUT2D eigenvalue weighted by molar-refractivity contribution is -0.134. The molecule has 6 nitrogen and oxygen atoms in total. The van der Waals surface area contributed by atoms with E-state index in [-0.39, 0.29) is 29.3 Å². The van der Waals surface area contributed by atoms with Crippen LogP contribution in [0.5, 0.6) is 0 Å². The molecular formula is C15H25N3O3S. The molecular weight excluding hydrogens is 302 g/mol. The number of nitrogens with one attached hydrogen (secondary N) is 1. The number of nitrogens with two attached hydrogens (primary N) is 1. The van der Waals surface area contributed by atoms with E-state index in [1.807, 2.05) is 6.92 Å². The smallest absolute Gasteiger partial charge is 0.240 e. The molecule has 3 N–H and O–H groups in total. The summed E-state index contributed by atoms with van der Waals surface area (Å²) in [7, 11) is -1.91. The summed E-state index contributed by atoms with van der Waals surface area (Å²) < 4.78 is 26.7.